The van der Waals surface area contributed by atoms with Crippen molar-refractivity contribution in [2.45, 2.75) is 0 Å². The van der Waals surface area contributed by atoms with Crippen LogP contribution in [0.5, 0.6) is 17.2 Å². The van der Waals surface area contributed by atoms with E-state index in [1.165, 1.54) is 12.1 Å². The summed E-state index contributed by atoms with van der Waals surface area (Å²) in [5.74, 6) is 1.01. The predicted octanol–water partition coefficient (Wildman–Crippen LogP) is 2.83. The third kappa shape index (κ3) is 4.92. The largest absolute Gasteiger partial charge is 0.508 e. The number of hydrazine groups is 1. The number of nitrogens with one attached hydrogen (secondary N) is 2. The van der Waals surface area contributed by atoms with Gasteiger partial charge in [-0.2, -0.15) is 0 Å². The molecule has 0 saturated carbocycles. The second-order valence-electron chi connectivity index (χ2n) is 4.78. The summed E-state index contributed by atoms with van der Waals surface area (Å²) in [5.41, 5.74) is 6.43. The maximum atomic E-state index is 11.8. The van der Waals surface area contributed by atoms with Crippen LogP contribution < -0.4 is 20.3 Å². The van der Waals surface area contributed by atoms with Crippen molar-refractivity contribution < 1.29 is 19.4 Å². The van der Waals surface area contributed by atoms with Gasteiger partial charge < -0.3 is 14.6 Å². The molecule has 0 bridgehead atoms. The summed E-state index contributed by atoms with van der Waals surface area (Å²) in [5, 5.41) is 9.24. The number of methoxy groups -OCH3 is 1. The van der Waals surface area contributed by atoms with E-state index >= 15 is 0 Å². The minimum absolute atomic E-state index is 0.161. The first-order valence-electron chi connectivity index (χ1n) is 6.99. The Morgan fingerprint density at radius 3 is 2.54 bits per heavy atom. The zero-order chi connectivity index (χ0) is 17.5. The molecule has 3 N–H and O–H groups in total. The molecule has 0 unspecified atom stereocenters. The van der Waals surface area contributed by atoms with Crippen molar-refractivity contribution >= 4 is 27.5 Å². The summed E-state index contributed by atoms with van der Waals surface area (Å²) in [6.07, 6.45) is 0. The second kappa shape index (κ2) is 8.26. The van der Waals surface area contributed by atoms with Gasteiger partial charge in [-0.25, -0.2) is 0 Å². The van der Waals surface area contributed by atoms with E-state index in [9.17, 15) is 9.90 Å². The molecular formula is C17H17BrN2O4. The van der Waals surface area contributed by atoms with Gasteiger partial charge in [0.2, 0.25) is 0 Å². The molecule has 24 heavy (non-hydrogen) atoms. The molecule has 0 saturated heterocycles. The number of benzene rings is 2. The molecule has 6 nitrogen and oxygen atoms in total. The van der Waals surface area contributed by atoms with Crippen LogP contribution >= 0.6 is 15.9 Å². The van der Waals surface area contributed by atoms with E-state index in [1.54, 1.807) is 37.4 Å². The molecule has 2 aromatic carbocycles. The quantitative estimate of drug-likeness (QED) is 0.631. The average molecular weight is 393 g/mol. The van der Waals surface area contributed by atoms with E-state index in [0.717, 1.165) is 5.56 Å². The molecule has 0 aliphatic carbocycles. The Morgan fingerprint density at radius 2 is 1.92 bits per heavy atom. The first-order chi connectivity index (χ1) is 11.5. The maximum Gasteiger partial charge on any atom is 0.276 e. The van der Waals surface area contributed by atoms with Crippen LogP contribution in [0.3, 0.4) is 0 Å². The highest BCUT2D eigenvalue weighted by Crippen LogP contribution is 2.28. The summed E-state index contributed by atoms with van der Waals surface area (Å²) < 4.78 is 11.2. The Bertz CT molecular complexity index is 732. The number of rotatable bonds is 7. The Kier molecular flexibility index (Phi) is 6.08. The lowest BCUT2D eigenvalue weighted by atomic mass is 10.2. The van der Waals surface area contributed by atoms with E-state index in [1.807, 2.05) is 0 Å². The summed E-state index contributed by atoms with van der Waals surface area (Å²) in [6, 6.07) is 11.6. The molecule has 0 heterocycles. The smallest absolute Gasteiger partial charge is 0.276 e. The Balaban J connectivity index is 1.81. The van der Waals surface area contributed by atoms with Crippen LogP contribution in [0.4, 0.5) is 0 Å². The Hall–Kier alpha value is -2.67. The van der Waals surface area contributed by atoms with Crippen molar-refractivity contribution in [2.24, 2.45) is 0 Å². The fraction of sp³-hybridized carbons (Fsp3) is 0.118. The van der Waals surface area contributed by atoms with Gasteiger partial charge in [0.25, 0.3) is 5.91 Å². The lowest BCUT2D eigenvalue weighted by molar-refractivity contribution is -0.123. The van der Waals surface area contributed by atoms with Crippen LogP contribution in [-0.2, 0) is 4.79 Å². The topological polar surface area (TPSA) is 79.8 Å². The molecule has 0 spiro atoms. The third-order valence-corrected chi connectivity index (χ3v) is 3.69. The van der Waals surface area contributed by atoms with E-state index in [-0.39, 0.29) is 18.3 Å². The van der Waals surface area contributed by atoms with Crippen molar-refractivity contribution in [3.05, 3.63) is 59.1 Å². The molecule has 0 atom stereocenters. The summed E-state index contributed by atoms with van der Waals surface area (Å²) in [6.45, 7) is 3.64. The summed E-state index contributed by atoms with van der Waals surface area (Å²) in [7, 11) is 1.57. The van der Waals surface area contributed by atoms with Crippen LogP contribution in [0.15, 0.2) is 53.5 Å². The fourth-order valence-corrected chi connectivity index (χ4v) is 2.26. The summed E-state index contributed by atoms with van der Waals surface area (Å²) in [4.78, 5) is 11.8. The third-order valence-electron chi connectivity index (χ3n) is 3.07. The van der Waals surface area contributed by atoms with E-state index in [2.05, 4.69) is 33.4 Å². The number of carbonyl (C=O) groups is 1. The SMILES string of the molecule is C=C(NNC(=O)COc1ccc(OC)cc1Br)c1ccc(O)cc1. The van der Waals surface area contributed by atoms with E-state index in [4.69, 9.17) is 9.47 Å². The summed E-state index contributed by atoms with van der Waals surface area (Å²) >= 11 is 3.35. The highest BCUT2D eigenvalue weighted by atomic mass is 79.9. The molecule has 2 aromatic rings. The number of phenolic OH excluding ortho intramolecular Hbond substituents is 1. The number of amides is 1. The van der Waals surface area contributed by atoms with Gasteiger partial charge in [0.15, 0.2) is 6.61 Å². The molecule has 7 heteroatoms. The monoisotopic (exact) mass is 392 g/mol. The number of hydrogen-bond acceptors (Lipinski definition) is 5. The van der Waals surface area contributed by atoms with E-state index in [0.29, 0.717) is 21.7 Å². The predicted molar refractivity (Wildman–Crippen MR) is 94.6 cm³/mol. The number of halogens is 1. The lowest BCUT2D eigenvalue weighted by Gasteiger charge is -2.13. The van der Waals surface area contributed by atoms with Gasteiger partial charge in [0.1, 0.15) is 17.2 Å². The van der Waals surface area contributed by atoms with Crippen molar-refractivity contribution in [3.63, 3.8) is 0 Å². The van der Waals surface area contributed by atoms with Crippen molar-refractivity contribution in [2.75, 3.05) is 13.7 Å². The average Bonchev–Trinajstić information content (AvgIpc) is 2.59. The van der Waals surface area contributed by atoms with E-state index < -0.39 is 0 Å². The maximum absolute atomic E-state index is 11.8. The van der Waals surface area contributed by atoms with Gasteiger partial charge in [0, 0.05) is 0 Å². The van der Waals surface area contributed by atoms with Gasteiger partial charge in [-0.15, -0.1) is 0 Å². The first kappa shape index (κ1) is 17.7. The molecule has 0 radical (unpaired) electrons. The van der Waals surface area contributed by atoms with Crippen LogP contribution in [0.25, 0.3) is 5.70 Å². The van der Waals surface area contributed by atoms with Crippen LogP contribution in [0.1, 0.15) is 5.56 Å². The zero-order valence-corrected chi connectivity index (χ0v) is 14.6. The number of hydrogen-bond donors (Lipinski definition) is 3. The molecule has 0 aliphatic heterocycles. The molecular weight excluding hydrogens is 376 g/mol. The molecule has 1 amide bonds. The van der Waals surface area contributed by atoms with Gasteiger partial charge >= 0.3 is 0 Å². The molecule has 0 fully saturated rings. The first-order valence-corrected chi connectivity index (χ1v) is 7.78. The fourth-order valence-electron chi connectivity index (χ4n) is 1.78. The van der Waals surface area contributed by atoms with Gasteiger partial charge in [-0.1, -0.05) is 6.58 Å². The highest BCUT2D eigenvalue weighted by Gasteiger charge is 2.07. The highest BCUT2D eigenvalue weighted by molar-refractivity contribution is 9.10. The lowest BCUT2D eigenvalue weighted by Crippen LogP contribution is -2.38. The minimum atomic E-state index is -0.363. The number of ether oxygens (including phenoxy) is 2. The Morgan fingerprint density at radius 1 is 1.21 bits per heavy atom. The number of aromatic hydroxyl groups is 1. The molecule has 0 aliphatic rings. The molecule has 0 aromatic heterocycles. The normalized spacial score (nSPS) is 9.92. The van der Waals surface area contributed by atoms with Crippen LogP contribution in [-0.4, -0.2) is 24.7 Å². The van der Waals surface area contributed by atoms with Crippen LogP contribution in [0, 0.1) is 0 Å². The van der Waals surface area contributed by atoms with Crippen molar-refractivity contribution in [3.8, 4) is 17.2 Å². The zero-order valence-electron chi connectivity index (χ0n) is 13.0. The van der Waals surface area contributed by atoms with Crippen molar-refractivity contribution in [1.82, 2.24) is 10.9 Å². The Labute approximate surface area is 148 Å². The number of phenols is 1. The standard InChI is InChI=1S/C17H17BrN2O4/c1-11(12-3-5-13(21)6-4-12)19-20-17(22)10-24-16-8-7-14(23-2)9-15(16)18/h3-9,19,21H,1,10H2,2H3,(H,20,22). The van der Waals surface area contributed by atoms with Gasteiger partial charge in [-0.05, 0) is 64.0 Å². The van der Waals surface area contributed by atoms with Gasteiger partial charge in [0.05, 0.1) is 17.3 Å². The van der Waals surface area contributed by atoms with Gasteiger partial charge in [-0.3, -0.25) is 15.6 Å². The number of carbonyl (C=O) groups excluding carboxylic acids is 1. The van der Waals surface area contributed by atoms with Crippen LogP contribution in [0.2, 0.25) is 0 Å². The molecule has 126 valence electrons. The van der Waals surface area contributed by atoms with Crippen molar-refractivity contribution in [1.29, 1.82) is 0 Å². The second-order valence-corrected chi connectivity index (χ2v) is 5.64. The minimum Gasteiger partial charge on any atom is -0.508 e. The molecule has 2 rings (SSSR count).